The van der Waals surface area contributed by atoms with Crippen LogP contribution in [0.5, 0.6) is 5.88 Å². The highest BCUT2D eigenvalue weighted by molar-refractivity contribution is 5.38. The second-order valence-corrected chi connectivity index (χ2v) is 4.19. The van der Waals surface area contributed by atoms with Crippen molar-refractivity contribution in [2.24, 2.45) is 0 Å². The van der Waals surface area contributed by atoms with E-state index < -0.39 is 12.0 Å². The van der Waals surface area contributed by atoms with Gasteiger partial charge in [-0.2, -0.15) is 18.2 Å². The van der Waals surface area contributed by atoms with Gasteiger partial charge in [-0.25, -0.2) is 4.98 Å². The van der Waals surface area contributed by atoms with Gasteiger partial charge in [0.2, 0.25) is 11.7 Å². The molecule has 0 spiro atoms. The van der Waals surface area contributed by atoms with Crippen molar-refractivity contribution in [1.29, 1.82) is 0 Å². The number of anilines is 1. The molecule has 1 aromatic heterocycles. The first-order chi connectivity index (χ1) is 8.49. The summed E-state index contributed by atoms with van der Waals surface area (Å²) in [6.45, 7) is 0. The fraction of sp³-hybridized carbons (Fsp3) is 0.636. The lowest BCUT2D eigenvalue weighted by atomic mass is 10.3. The maximum absolute atomic E-state index is 12.6. The van der Waals surface area contributed by atoms with E-state index in [-0.39, 0.29) is 17.8 Å². The van der Waals surface area contributed by atoms with Crippen LogP contribution in [0, 0.1) is 0 Å². The largest absolute Gasteiger partial charge is 0.474 e. The van der Waals surface area contributed by atoms with Crippen LogP contribution in [0.25, 0.3) is 0 Å². The molecule has 18 heavy (non-hydrogen) atoms. The summed E-state index contributed by atoms with van der Waals surface area (Å²) in [5.41, 5.74) is 0. The molecule has 1 aliphatic rings. The second-order valence-electron chi connectivity index (χ2n) is 4.19. The van der Waals surface area contributed by atoms with Gasteiger partial charge in [0.15, 0.2) is 0 Å². The Hall–Kier alpha value is -1.53. The van der Waals surface area contributed by atoms with Crippen LogP contribution in [0.3, 0.4) is 0 Å². The Morgan fingerprint density at radius 2 is 1.94 bits per heavy atom. The maximum Gasteiger partial charge on any atom is 0.451 e. The van der Waals surface area contributed by atoms with Crippen molar-refractivity contribution in [3.8, 4) is 5.88 Å². The molecule has 0 unspecified atom stereocenters. The third-order valence-electron chi connectivity index (χ3n) is 2.80. The number of nitrogens with one attached hydrogen (secondary N) is 1. The molecular formula is C11H14F3N3O. The van der Waals surface area contributed by atoms with Crippen LogP contribution in [-0.4, -0.2) is 23.1 Å². The van der Waals surface area contributed by atoms with E-state index in [1.54, 1.807) is 0 Å². The number of nitrogens with zero attached hydrogens (tertiary/aromatic N) is 2. The molecule has 0 aromatic carbocycles. The lowest BCUT2D eigenvalue weighted by Crippen LogP contribution is -2.16. The molecule has 0 atom stereocenters. The van der Waals surface area contributed by atoms with Crippen molar-refractivity contribution < 1.29 is 17.9 Å². The van der Waals surface area contributed by atoms with Crippen molar-refractivity contribution in [2.75, 3.05) is 12.4 Å². The molecule has 2 rings (SSSR count). The fourth-order valence-corrected chi connectivity index (χ4v) is 1.92. The third-order valence-corrected chi connectivity index (χ3v) is 2.80. The van der Waals surface area contributed by atoms with Crippen molar-refractivity contribution in [3.63, 3.8) is 0 Å². The zero-order valence-corrected chi connectivity index (χ0v) is 9.92. The summed E-state index contributed by atoms with van der Waals surface area (Å²) in [4.78, 5) is 6.79. The zero-order chi connectivity index (χ0) is 13.2. The monoisotopic (exact) mass is 261 g/mol. The van der Waals surface area contributed by atoms with Crippen LogP contribution >= 0.6 is 0 Å². The topological polar surface area (TPSA) is 47.0 Å². The first-order valence-electron chi connectivity index (χ1n) is 5.80. The van der Waals surface area contributed by atoms with E-state index in [1.165, 1.54) is 13.1 Å². The van der Waals surface area contributed by atoms with Crippen molar-refractivity contribution in [1.82, 2.24) is 9.97 Å². The van der Waals surface area contributed by atoms with Gasteiger partial charge in [-0.3, -0.25) is 0 Å². The minimum atomic E-state index is -4.57. The molecular weight excluding hydrogens is 247 g/mol. The molecule has 1 fully saturated rings. The van der Waals surface area contributed by atoms with Crippen LogP contribution < -0.4 is 10.1 Å². The van der Waals surface area contributed by atoms with Crippen LogP contribution in [0.4, 0.5) is 19.0 Å². The number of halogens is 3. The van der Waals surface area contributed by atoms with Crippen LogP contribution in [0.1, 0.15) is 31.5 Å². The molecule has 1 aliphatic carbocycles. The molecule has 0 aliphatic heterocycles. The van der Waals surface area contributed by atoms with Gasteiger partial charge in [0, 0.05) is 13.1 Å². The van der Waals surface area contributed by atoms with E-state index in [4.69, 9.17) is 4.74 Å². The van der Waals surface area contributed by atoms with Gasteiger partial charge in [0.05, 0.1) is 0 Å². The minimum Gasteiger partial charge on any atom is -0.474 e. The van der Waals surface area contributed by atoms with Gasteiger partial charge in [0.1, 0.15) is 11.9 Å². The number of aromatic nitrogens is 2. The lowest BCUT2D eigenvalue weighted by Gasteiger charge is -2.14. The molecule has 0 bridgehead atoms. The van der Waals surface area contributed by atoms with Gasteiger partial charge >= 0.3 is 6.18 Å². The molecule has 4 nitrogen and oxygen atoms in total. The highest BCUT2D eigenvalue weighted by atomic mass is 19.4. The number of hydrogen-bond acceptors (Lipinski definition) is 4. The molecule has 100 valence electrons. The Kier molecular flexibility index (Phi) is 3.58. The highest BCUT2D eigenvalue weighted by Crippen LogP contribution is 2.30. The molecule has 1 heterocycles. The van der Waals surface area contributed by atoms with Crippen molar-refractivity contribution in [3.05, 3.63) is 11.9 Å². The quantitative estimate of drug-likeness (QED) is 0.908. The summed E-state index contributed by atoms with van der Waals surface area (Å²) in [7, 11) is 1.50. The first kappa shape index (κ1) is 12.9. The van der Waals surface area contributed by atoms with Crippen LogP contribution in [0.2, 0.25) is 0 Å². The van der Waals surface area contributed by atoms with Gasteiger partial charge < -0.3 is 10.1 Å². The predicted molar refractivity (Wildman–Crippen MR) is 59.5 cm³/mol. The molecule has 0 saturated heterocycles. The second kappa shape index (κ2) is 4.99. The normalized spacial score (nSPS) is 16.9. The van der Waals surface area contributed by atoms with Crippen molar-refractivity contribution >= 4 is 5.82 Å². The summed E-state index contributed by atoms with van der Waals surface area (Å²) in [6, 6.07) is 1.38. The average Bonchev–Trinajstić information content (AvgIpc) is 2.80. The first-order valence-corrected chi connectivity index (χ1v) is 5.80. The van der Waals surface area contributed by atoms with Gasteiger partial charge in [0.25, 0.3) is 0 Å². The summed E-state index contributed by atoms with van der Waals surface area (Å²) in [5.74, 6) is -1.10. The zero-order valence-electron chi connectivity index (χ0n) is 9.92. The van der Waals surface area contributed by atoms with Gasteiger partial charge in [-0.05, 0) is 25.7 Å². The molecule has 1 N–H and O–H groups in total. The Morgan fingerprint density at radius 1 is 1.28 bits per heavy atom. The Labute approximate surface area is 103 Å². The number of hydrogen-bond donors (Lipinski definition) is 1. The van der Waals surface area contributed by atoms with E-state index in [0.717, 1.165) is 25.7 Å². The number of ether oxygens (including phenoxy) is 1. The summed E-state index contributed by atoms with van der Waals surface area (Å²) < 4.78 is 43.2. The highest BCUT2D eigenvalue weighted by Gasteiger charge is 2.36. The smallest absolute Gasteiger partial charge is 0.451 e. The van der Waals surface area contributed by atoms with Crippen LogP contribution in [-0.2, 0) is 6.18 Å². The Morgan fingerprint density at radius 3 is 2.50 bits per heavy atom. The Bertz CT molecular complexity index is 416. The van der Waals surface area contributed by atoms with E-state index in [9.17, 15) is 13.2 Å². The predicted octanol–water partition coefficient (Wildman–Crippen LogP) is 2.86. The number of alkyl halides is 3. The standard InChI is InChI=1S/C11H14F3N3O/c1-15-8-6-9(18-7-4-2-3-5-7)17-10(16-8)11(12,13)14/h6-7H,2-5H2,1H3,(H,15,16,17). The van der Waals surface area contributed by atoms with E-state index in [0.29, 0.717) is 0 Å². The summed E-state index contributed by atoms with van der Waals surface area (Å²) in [5, 5.41) is 2.57. The molecule has 1 aromatic rings. The number of rotatable bonds is 3. The van der Waals surface area contributed by atoms with E-state index in [2.05, 4.69) is 15.3 Å². The minimum absolute atomic E-state index is 0.0198. The molecule has 0 amide bonds. The lowest BCUT2D eigenvalue weighted by molar-refractivity contribution is -0.145. The maximum atomic E-state index is 12.6. The molecule has 0 radical (unpaired) electrons. The fourth-order valence-electron chi connectivity index (χ4n) is 1.92. The van der Waals surface area contributed by atoms with Gasteiger partial charge in [-0.1, -0.05) is 0 Å². The van der Waals surface area contributed by atoms with E-state index in [1.807, 2.05) is 0 Å². The van der Waals surface area contributed by atoms with Crippen molar-refractivity contribution in [2.45, 2.75) is 38.0 Å². The molecule has 7 heteroatoms. The van der Waals surface area contributed by atoms with E-state index >= 15 is 0 Å². The van der Waals surface area contributed by atoms with Crippen LogP contribution in [0.15, 0.2) is 6.07 Å². The summed E-state index contributed by atoms with van der Waals surface area (Å²) >= 11 is 0. The summed E-state index contributed by atoms with van der Waals surface area (Å²) in [6.07, 6.45) is -0.798. The molecule has 1 saturated carbocycles. The SMILES string of the molecule is CNc1cc(OC2CCCC2)nc(C(F)(F)F)n1. The third kappa shape index (κ3) is 3.02. The Balaban J connectivity index is 2.23. The van der Waals surface area contributed by atoms with Gasteiger partial charge in [-0.15, -0.1) is 0 Å². The average molecular weight is 261 g/mol.